The Labute approximate surface area is 170 Å². The van der Waals surface area contributed by atoms with Crippen LogP contribution in [0.5, 0.6) is 11.5 Å². The van der Waals surface area contributed by atoms with Gasteiger partial charge < -0.3 is 19.8 Å². The fourth-order valence-electron chi connectivity index (χ4n) is 2.77. The Bertz CT molecular complexity index is 1110. The average molecular weight is 410 g/mol. The summed E-state index contributed by atoms with van der Waals surface area (Å²) in [5, 5.41) is 3.19. The summed E-state index contributed by atoms with van der Waals surface area (Å²) in [6.45, 7) is 1.19. The maximum absolute atomic E-state index is 12.4. The molecular formula is C22H22N2O4S. The molecule has 0 bridgehead atoms. The van der Waals surface area contributed by atoms with Crippen molar-refractivity contribution in [3.63, 3.8) is 0 Å². The van der Waals surface area contributed by atoms with Crippen molar-refractivity contribution in [3.8, 4) is 11.5 Å². The van der Waals surface area contributed by atoms with Crippen molar-refractivity contribution in [3.05, 3.63) is 84.9 Å². The SMILES string of the molecule is NCCN.O=S(=O)(Oc1cccc2ccccc12)Oc1cccc2ccccc12. The van der Waals surface area contributed by atoms with E-state index in [1.807, 2.05) is 48.5 Å². The highest BCUT2D eigenvalue weighted by Gasteiger charge is 2.18. The molecule has 0 saturated heterocycles. The molecular weight excluding hydrogens is 388 g/mol. The number of rotatable bonds is 5. The van der Waals surface area contributed by atoms with E-state index in [0.717, 1.165) is 10.8 Å². The van der Waals surface area contributed by atoms with Crippen molar-refractivity contribution >= 4 is 31.9 Å². The van der Waals surface area contributed by atoms with Crippen LogP contribution in [-0.2, 0) is 10.4 Å². The monoisotopic (exact) mass is 410 g/mol. The lowest BCUT2D eigenvalue weighted by atomic mass is 10.1. The lowest BCUT2D eigenvalue weighted by Gasteiger charge is -2.11. The van der Waals surface area contributed by atoms with Crippen molar-refractivity contribution < 1.29 is 16.8 Å². The molecule has 0 spiro atoms. The van der Waals surface area contributed by atoms with Crippen molar-refractivity contribution in [2.75, 3.05) is 13.1 Å². The zero-order valence-corrected chi connectivity index (χ0v) is 16.5. The molecule has 0 aliphatic carbocycles. The van der Waals surface area contributed by atoms with Crippen LogP contribution in [0.1, 0.15) is 0 Å². The predicted molar refractivity (Wildman–Crippen MR) is 116 cm³/mol. The number of fused-ring (bicyclic) bond motifs is 2. The second-order valence-corrected chi connectivity index (χ2v) is 7.26. The van der Waals surface area contributed by atoms with Crippen molar-refractivity contribution in [2.45, 2.75) is 0 Å². The third-order valence-electron chi connectivity index (χ3n) is 4.05. The molecule has 4 rings (SSSR count). The first kappa shape index (κ1) is 20.6. The molecule has 4 aromatic rings. The minimum atomic E-state index is -4.27. The van der Waals surface area contributed by atoms with Crippen molar-refractivity contribution in [1.29, 1.82) is 0 Å². The fraction of sp³-hybridized carbons (Fsp3) is 0.0909. The Kier molecular flexibility index (Phi) is 6.66. The van der Waals surface area contributed by atoms with Crippen molar-refractivity contribution in [2.24, 2.45) is 11.5 Å². The van der Waals surface area contributed by atoms with Crippen LogP contribution in [0.4, 0.5) is 0 Å². The molecule has 0 heterocycles. The van der Waals surface area contributed by atoms with E-state index in [4.69, 9.17) is 19.8 Å². The minimum Gasteiger partial charge on any atom is -0.352 e. The fourth-order valence-corrected chi connectivity index (χ4v) is 3.54. The van der Waals surface area contributed by atoms with Gasteiger partial charge in [-0.05, 0) is 22.9 Å². The van der Waals surface area contributed by atoms with Crippen LogP contribution in [0.15, 0.2) is 84.9 Å². The molecule has 6 nitrogen and oxygen atoms in total. The van der Waals surface area contributed by atoms with Crippen LogP contribution < -0.4 is 19.8 Å². The Hall–Kier alpha value is -3.13. The average Bonchev–Trinajstić information content (AvgIpc) is 2.74. The Balaban J connectivity index is 0.000000552. The van der Waals surface area contributed by atoms with E-state index in [1.54, 1.807) is 36.4 Å². The van der Waals surface area contributed by atoms with Gasteiger partial charge >= 0.3 is 10.4 Å². The molecule has 4 N–H and O–H groups in total. The van der Waals surface area contributed by atoms with Gasteiger partial charge in [0, 0.05) is 23.9 Å². The normalized spacial score (nSPS) is 11.0. The van der Waals surface area contributed by atoms with Crippen LogP contribution >= 0.6 is 0 Å². The number of hydrogen-bond donors (Lipinski definition) is 2. The maximum atomic E-state index is 12.4. The highest BCUT2D eigenvalue weighted by molar-refractivity contribution is 7.82. The second kappa shape index (κ2) is 9.38. The van der Waals surface area contributed by atoms with E-state index >= 15 is 0 Å². The molecule has 0 amide bonds. The van der Waals surface area contributed by atoms with Gasteiger partial charge in [0.1, 0.15) is 0 Å². The highest BCUT2D eigenvalue weighted by Crippen LogP contribution is 2.29. The second-order valence-electron chi connectivity index (χ2n) is 6.11. The molecule has 0 radical (unpaired) electrons. The third-order valence-corrected chi connectivity index (χ3v) is 4.82. The molecule has 4 aromatic carbocycles. The molecule has 0 unspecified atom stereocenters. The summed E-state index contributed by atoms with van der Waals surface area (Å²) in [5.41, 5.74) is 9.81. The smallest absolute Gasteiger partial charge is 0.352 e. The van der Waals surface area contributed by atoms with Crippen LogP contribution in [0.2, 0.25) is 0 Å². The van der Waals surface area contributed by atoms with Gasteiger partial charge in [-0.25, -0.2) is 0 Å². The van der Waals surface area contributed by atoms with E-state index in [1.165, 1.54) is 0 Å². The van der Waals surface area contributed by atoms with Gasteiger partial charge in [-0.15, -0.1) is 8.42 Å². The van der Waals surface area contributed by atoms with Gasteiger partial charge in [-0.1, -0.05) is 72.8 Å². The van der Waals surface area contributed by atoms with Crippen LogP contribution in [0.25, 0.3) is 21.5 Å². The Morgan fingerprint density at radius 2 is 0.966 bits per heavy atom. The topological polar surface area (TPSA) is 105 Å². The zero-order valence-electron chi connectivity index (χ0n) is 15.7. The first-order chi connectivity index (χ1) is 14.0. The Morgan fingerprint density at radius 3 is 1.38 bits per heavy atom. The first-order valence-corrected chi connectivity index (χ1v) is 10.4. The van der Waals surface area contributed by atoms with E-state index in [2.05, 4.69) is 0 Å². The van der Waals surface area contributed by atoms with E-state index < -0.39 is 10.4 Å². The van der Waals surface area contributed by atoms with Crippen LogP contribution in [-0.4, -0.2) is 21.5 Å². The molecule has 0 aliphatic rings. The van der Waals surface area contributed by atoms with Gasteiger partial charge in [0.15, 0.2) is 11.5 Å². The lowest BCUT2D eigenvalue weighted by molar-refractivity contribution is 0.396. The molecule has 0 aliphatic heterocycles. The minimum absolute atomic E-state index is 0.235. The van der Waals surface area contributed by atoms with Gasteiger partial charge in [-0.3, -0.25) is 0 Å². The van der Waals surface area contributed by atoms with Gasteiger partial charge in [0.2, 0.25) is 0 Å². The molecule has 0 aromatic heterocycles. The lowest BCUT2D eigenvalue weighted by Crippen LogP contribution is -2.16. The van der Waals surface area contributed by atoms with Gasteiger partial charge in [0.25, 0.3) is 0 Å². The molecule has 7 heteroatoms. The van der Waals surface area contributed by atoms with Gasteiger partial charge in [-0.2, -0.15) is 0 Å². The van der Waals surface area contributed by atoms with E-state index in [-0.39, 0.29) is 11.5 Å². The molecule has 150 valence electrons. The molecule has 0 fully saturated rings. The van der Waals surface area contributed by atoms with Gasteiger partial charge in [0.05, 0.1) is 0 Å². The largest absolute Gasteiger partial charge is 0.501 e. The van der Waals surface area contributed by atoms with E-state index in [0.29, 0.717) is 23.9 Å². The standard InChI is InChI=1S/C20H14O4S.C2H8N2/c21-25(22,23-19-13-5-9-15-7-1-3-11-17(15)19)24-20-14-6-10-16-8-2-4-12-18(16)20;3-1-2-4/h1-14H;1-4H2. The summed E-state index contributed by atoms with van der Waals surface area (Å²) in [7, 11) is -4.27. The summed E-state index contributed by atoms with van der Waals surface area (Å²) in [4.78, 5) is 0. The maximum Gasteiger partial charge on any atom is 0.501 e. The first-order valence-electron chi connectivity index (χ1n) is 9.03. The van der Waals surface area contributed by atoms with Crippen LogP contribution in [0.3, 0.4) is 0 Å². The predicted octanol–water partition coefficient (Wildman–Crippen LogP) is 3.60. The summed E-state index contributed by atoms with van der Waals surface area (Å²) in [5.74, 6) is 0.469. The summed E-state index contributed by atoms with van der Waals surface area (Å²) in [6, 6.07) is 25.3. The highest BCUT2D eigenvalue weighted by atomic mass is 32.3. The quantitative estimate of drug-likeness (QED) is 0.521. The molecule has 0 saturated carbocycles. The zero-order chi connectivity index (χ0) is 20.7. The Morgan fingerprint density at radius 1 is 0.586 bits per heavy atom. The number of hydrogen-bond acceptors (Lipinski definition) is 6. The molecule has 0 atom stereocenters. The number of benzene rings is 4. The van der Waals surface area contributed by atoms with Crippen molar-refractivity contribution in [1.82, 2.24) is 0 Å². The van der Waals surface area contributed by atoms with Crippen LogP contribution in [0, 0.1) is 0 Å². The summed E-state index contributed by atoms with van der Waals surface area (Å²) in [6.07, 6.45) is 0. The summed E-state index contributed by atoms with van der Waals surface area (Å²) >= 11 is 0. The number of nitrogens with two attached hydrogens (primary N) is 2. The molecule has 29 heavy (non-hydrogen) atoms. The van der Waals surface area contributed by atoms with E-state index in [9.17, 15) is 8.42 Å². The third kappa shape index (κ3) is 5.23. The summed E-state index contributed by atoms with van der Waals surface area (Å²) < 4.78 is 35.3.